The van der Waals surface area contributed by atoms with E-state index in [9.17, 15) is 5.11 Å². The van der Waals surface area contributed by atoms with Crippen molar-refractivity contribution in [3.8, 4) is 11.8 Å². The molecule has 0 aliphatic carbocycles. The third-order valence-electron chi connectivity index (χ3n) is 3.23. The standard InChI is InChI=1S/C17H22O3/c1-16(2,18)10-8-14-4-6-15(7-5-14)9-11-17(3)19-12-13-20-17/h4-7,18H,9,11-13H2,1-3H3. The van der Waals surface area contributed by atoms with Crippen molar-refractivity contribution in [3.05, 3.63) is 35.4 Å². The molecule has 1 aromatic carbocycles. The van der Waals surface area contributed by atoms with Gasteiger partial charge in [0.05, 0.1) is 13.2 Å². The van der Waals surface area contributed by atoms with Gasteiger partial charge in [-0.05, 0) is 44.9 Å². The SMILES string of the molecule is CC(C)(O)C#Cc1ccc(CCC2(C)OCCO2)cc1. The molecule has 0 saturated carbocycles. The van der Waals surface area contributed by atoms with E-state index in [0.29, 0.717) is 13.2 Å². The molecule has 0 radical (unpaired) electrons. The topological polar surface area (TPSA) is 38.7 Å². The highest BCUT2D eigenvalue weighted by molar-refractivity contribution is 5.37. The van der Waals surface area contributed by atoms with Crippen molar-refractivity contribution < 1.29 is 14.6 Å². The second-order valence-electron chi connectivity index (χ2n) is 5.84. The number of aliphatic hydroxyl groups is 1. The molecule has 0 bridgehead atoms. The Morgan fingerprint density at radius 3 is 2.35 bits per heavy atom. The van der Waals surface area contributed by atoms with Crippen LogP contribution in [0.15, 0.2) is 24.3 Å². The van der Waals surface area contributed by atoms with Crippen LogP contribution in [0.4, 0.5) is 0 Å². The third kappa shape index (κ3) is 4.64. The molecule has 20 heavy (non-hydrogen) atoms. The summed E-state index contributed by atoms with van der Waals surface area (Å²) in [4.78, 5) is 0. The average molecular weight is 274 g/mol. The summed E-state index contributed by atoms with van der Waals surface area (Å²) in [6, 6.07) is 8.08. The van der Waals surface area contributed by atoms with Crippen molar-refractivity contribution in [1.82, 2.24) is 0 Å². The van der Waals surface area contributed by atoms with Crippen LogP contribution >= 0.6 is 0 Å². The van der Waals surface area contributed by atoms with Gasteiger partial charge in [0, 0.05) is 12.0 Å². The normalized spacial score (nSPS) is 17.6. The minimum absolute atomic E-state index is 0.431. The van der Waals surface area contributed by atoms with E-state index in [1.807, 2.05) is 19.1 Å². The van der Waals surface area contributed by atoms with E-state index in [1.54, 1.807) is 13.8 Å². The van der Waals surface area contributed by atoms with Crippen molar-refractivity contribution >= 4 is 0 Å². The van der Waals surface area contributed by atoms with Crippen molar-refractivity contribution in [2.75, 3.05) is 13.2 Å². The van der Waals surface area contributed by atoms with E-state index < -0.39 is 11.4 Å². The Labute approximate surface area is 120 Å². The van der Waals surface area contributed by atoms with Crippen LogP contribution in [0.3, 0.4) is 0 Å². The van der Waals surface area contributed by atoms with Gasteiger partial charge < -0.3 is 14.6 Å². The van der Waals surface area contributed by atoms with Gasteiger partial charge in [0.1, 0.15) is 5.60 Å². The Bertz CT molecular complexity index is 494. The van der Waals surface area contributed by atoms with Crippen LogP contribution in [0.5, 0.6) is 0 Å². The Morgan fingerprint density at radius 1 is 1.20 bits per heavy atom. The van der Waals surface area contributed by atoms with Gasteiger partial charge in [-0.3, -0.25) is 0 Å². The molecule has 3 heteroatoms. The summed E-state index contributed by atoms with van der Waals surface area (Å²) in [6.45, 7) is 6.71. The molecule has 1 N–H and O–H groups in total. The Kier molecular flexibility index (Phi) is 4.49. The highest BCUT2D eigenvalue weighted by Gasteiger charge is 2.30. The lowest BCUT2D eigenvalue weighted by molar-refractivity contribution is -0.146. The molecule has 0 aromatic heterocycles. The van der Waals surface area contributed by atoms with E-state index in [4.69, 9.17) is 9.47 Å². The van der Waals surface area contributed by atoms with Gasteiger partial charge in [0.2, 0.25) is 0 Å². The molecule has 2 rings (SSSR count). The van der Waals surface area contributed by atoms with Crippen LogP contribution in [-0.2, 0) is 15.9 Å². The zero-order valence-electron chi connectivity index (χ0n) is 12.4. The molecular formula is C17H22O3. The predicted molar refractivity (Wildman–Crippen MR) is 78.2 cm³/mol. The van der Waals surface area contributed by atoms with Crippen LogP contribution in [0, 0.1) is 11.8 Å². The van der Waals surface area contributed by atoms with Crippen LogP contribution < -0.4 is 0 Å². The Balaban J connectivity index is 1.93. The minimum Gasteiger partial charge on any atom is -0.378 e. The summed E-state index contributed by atoms with van der Waals surface area (Å²) in [5.74, 6) is 5.34. The summed E-state index contributed by atoms with van der Waals surface area (Å²) in [7, 11) is 0. The molecule has 0 spiro atoms. The van der Waals surface area contributed by atoms with E-state index in [1.165, 1.54) is 5.56 Å². The number of ether oxygens (including phenoxy) is 2. The molecule has 0 unspecified atom stereocenters. The molecule has 108 valence electrons. The molecule has 1 saturated heterocycles. The monoisotopic (exact) mass is 274 g/mol. The van der Waals surface area contributed by atoms with Crippen LogP contribution in [-0.4, -0.2) is 29.7 Å². The summed E-state index contributed by atoms with van der Waals surface area (Å²) < 4.78 is 11.2. The molecule has 1 heterocycles. The summed E-state index contributed by atoms with van der Waals surface area (Å²) in [6.07, 6.45) is 1.76. The van der Waals surface area contributed by atoms with Crippen LogP contribution in [0.2, 0.25) is 0 Å². The molecule has 1 aliphatic rings. The fraction of sp³-hybridized carbons (Fsp3) is 0.529. The first-order valence-corrected chi connectivity index (χ1v) is 6.99. The quantitative estimate of drug-likeness (QED) is 0.861. The van der Waals surface area contributed by atoms with Gasteiger partial charge in [-0.25, -0.2) is 0 Å². The zero-order valence-corrected chi connectivity index (χ0v) is 12.4. The molecule has 3 nitrogen and oxygen atoms in total. The van der Waals surface area contributed by atoms with Gasteiger partial charge in [0.15, 0.2) is 5.79 Å². The second kappa shape index (κ2) is 5.97. The molecule has 1 fully saturated rings. The lowest BCUT2D eigenvalue weighted by Gasteiger charge is -2.21. The van der Waals surface area contributed by atoms with Crippen LogP contribution in [0.25, 0.3) is 0 Å². The first-order chi connectivity index (χ1) is 9.36. The molecule has 0 amide bonds. The maximum absolute atomic E-state index is 9.57. The average Bonchev–Trinajstić information content (AvgIpc) is 2.82. The van der Waals surface area contributed by atoms with Gasteiger partial charge in [-0.1, -0.05) is 24.0 Å². The summed E-state index contributed by atoms with van der Waals surface area (Å²) >= 11 is 0. The second-order valence-corrected chi connectivity index (χ2v) is 5.84. The highest BCUT2D eigenvalue weighted by atomic mass is 16.7. The summed E-state index contributed by atoms with van der Waals surface area (Å²) in [5, 5.41) is 9.57. The van der Waals surface area contributed by atoms with Crippen molar-refractivity contribution in [3.63, 3.8) is 0 Å². The number of benzene rings is 1. The number of hydrogen-bond donors (Lipinski definition) is 1. The smallest absolute Gasteiger partial charge is 0.166 e. The van der Waals surface area contributed by atoms with Gasteiger partial charge in [-0.15, -0.1) is 0 Å². The first-order valence-electron chi connectivity index (χ1n) is 6.99. The molecule has 1 aliphatic heterocycles. The van der Waals surface area contributed by atoms with Gasteiger partial charge >= 0.3 is 0 Å². The fourth-order valence-electron chi connectivity index (χ4n) is 2.05. The van der Waals surface area contributed by atoms with E-state index in [2.05, 4.69) is 24.0 Å². The molecule has 0 atom stereocenters. The highest BCUT2D eigenvalue weighted by Crippen LogP contribution is 2.24. The maximum atomic E-state index is 9.57. The van der Waals surface area contributed by atoms with E-state index >= 15 is 0 Å². The largest absolute Gasteiger partial charge is 0.378 e. The molecular weight excluding hydrogens is 252 g/mol. The van der Waals surface area contributed by atoms with Gasteiger partial charge in [0.25, 0.3) is 0 Å². The zero-order chi connectivity index (χ0) is 14.6. The predicted octanol–water partition coefficient (Wildman–Crippen LogP) is 2.50. The lowest BCUT2D eigenvalue weighted by atomic mass is 10.0. The Morgan fingerprint density at radius 2 is 1.80 bits per heavy atom. The van der Waals surface area contributed by atoms with E-state index in [0.717, 1.165) is 18.4 Å². The van der Waals surface area contributed by atoms with Crippen molar-refractivity contribution in [1.29, 1.82) is 0 Å². The van der Waals surface area contributed by atoms with E-state index in [-0.39, 0.29) is 0 Å². The number of rotatable bonds is 3. The maximum Gasteiger partial charge on any atom is 0.166 e. The number of hydrogen-bond acceptors (Lipinski definition) is 3. The van der Waals surface area contributed by atoms with Crippen LogP contribution in [0.1, 0.15) is 38.3 Å². The van der Waals surface area contributed by atoms with Crippen molar-refractivity contribution in [2.45, 2.75) is 45.0 Å². The lowest BCUT2D eigenvalue weighted by Crippen LogP contribution is -2.26. The fourth-order valence-corrected chi connectivity index (χ4v) is 2.05. The Hall–Kier alpha value is -1.34. The summed E-state index contributed by atoms with van der Waals surface area (Å²) in [5.41, 5.74) is 1.19. The van der Waals surface area contributed by atoms with Crippen molar-refractivity contribution in [2.24, 2.45) is 0 Å². The first kappa shape index (κ1) is 15.1. The molecule has 1 aromatic rings. The minimum atomic E-state index is -0.954. The third-order valence-corrected chi connectivity index (χ3v) is 3.23. The number of aryl methyl sites for hydroxylation is 1. The van der Waals surface area contributed by atoms with Gasteiger partial charge in [-0.2, -0.15) is 0 Å².